The van der Waals surface area contributed by atoms with Gasteiger partial charge in [0, 0.05) is 24.5 Å². The Hall–Kier alpha value is -2.09. The summed E-state index contributed by atoms with van der Waals surface area (Å²) >= 11 is 0. The van der Waals surface area contributed by atoms with E-state index in [2.05, 4.69) is 14.8 Å². The molecule has 0 aliphatic carbocycles. The monoisotopic (exact) mass is 281 g/mol. The van der Waals surface area contributed by atoms with Crippen LogP contribution in [0.25, 0.3) is 0 Å². The van der Waals surface area contributed by atoms with Crippen LogP contribution in [0.2, 0.25) is 0 Å². The molecule has 0 saturated heterocycles. The van der Waals surface area contributed by atoms with Gasteiger partial charge in [-0.25, -0.2) is 13.1 Å². The molecule has 0 bridgehead atoms. The number of hydrogen-bond acceptors (Lipinski definition) is 5. The van der Waals surface area contributed by atoms with E-state index in [-0.39, 0.29) is 16.6 Å². The van der Waals surface area contributed by atoms with Gasteiger partial charge in [0.15, 0.2) is 0 Å². The molecule has 0 aromatic carbocycles. The van der Waals surface area contributed by atoms with Gasteiger partial charge in [0.1, 0.15) is 10.7 Å². The molecule has 2 aromatic rings. The number of nitrogen functional groups attached to an aromatic ring is 1. The maximum atomic E-state index is 12.2. The lowest BCUT2D eigenvalue weighted by Crippen LogP contribution is -2.18. The number of anilines is 2. The van der Waals surface area contributed by atoms with Crippen LogP contribution in [0, 0.1) is 0 Å². The molecule has 7 nitrogen and oxygen atoms in total. The normalized spacial score (nSPS) is 11.7. The second-order valence-electron chi connectivity index (χ2n) is 4.27. The lowest BCUT2D eigenvalue weighted by molar-refractivity contribution is 0.539. The van der Waals surface area contributed by atoms with Gasteiger partial charge in [-0.3, -0.25) is 9.71 Å². The van der Waals surface area contributed by atoms with Crippen LogP contribution in [0.5, 0.6) is 0 Å². The van der Waals surface area contributed by atoms with E-state index in [1.54, 1.807) is 10.7 Å². The first-order valence-corrected chi connectivity index (χ1v) is 7.16. The van der Waals surface area contributed by atoms with Crippen LogP contribution in [0.15, 0.2) is 35.6 Å². The van der Waals surface area contributed by atoms with Crippen molar-refractivity contribution in [2.45, 2.75) is 24.8 Å². The molecular weight excluding hydrogens is 266 g/mol. The molecule has 0 fully saturated rings. The van der Waals surface area contributed by atoms with Gasteiger partial charge in [-0.2, -0.15) is 5.10 Å². The number of hydrogen-bond donors (Lipinski definition) is 2. The molecule has 8 heteroatoms. The smallest absolute Gasteiger partial charge is 0.266 e. The average molecular weight is 281 g/mol. The molecule has 0 amide bonds. The SMILES string of the molecule is CC(C)n1nccc1NS(=O)(=O)c1cnccc1N. The third-order valence-electron chi connectivity index (χ3n) is 2.50. The van der Waals surface area contributed by atoms with E-state index in [1.165, 1.54) is 24.7 Å². The van der Waals surface area contributed by atoms with E-state index in [0.717, 1.165) is 0 Å². The third kappa shape index (κ3) is 2.68. The molecule has 2 aromatic heterocycles. The van der Waals surface area contributed by atoms with Gasteiger partial charge in [-0.05, 0) is 19.9 Å². The van der Waals surface area contributed by atoms with E-state index in [0.29, 0.717) is 5.82 Å². The zero-order valence-corrected chi connectivity index (χ0v) is 11.4. The number of nitrogens with one attached hydrogen (secondary N) is 1. The fraction of sp³-hybridized carbons (Fsp3) is 0.273. The van der Waals surface area contributed by atoms with Gasteiger partial charge in [0.25, 0.3) is 10.0 Å². The van der Waals surface area contributed by atoms with Crippen LogP contribution in [-0.2, 0) is 10.0 Å². The summed E-state index contributed by atoms with van der Waals surface area (Å²) in [5.74, 6) is 0.387. The number of nitrogens with two attached hydrogens (primary N) is 1. The van der Waals surface area contributed by atoms with Gasteiger partial charge in [0.2, 0.25) is 0 Å². The van der Waals surface area contributed by atoms with Gasteiger partial charge >= 0.3 is 0 Å². The molecule has 2 rings (SSSR count). The van der Waals surface area contributed by atoms with Crippen LogP contribution >= 0.6 is 0 Å². The van der Waals surface area contributed by atoms with Crippen LogP contribution in [0.1, 0.15) is 19.9 Å². The zero-order chi connectivity index (χ0) is 14.0. The summed E-state index contributed by atoms with van der Waals surface area (Å²) in [6, 6.07) is 3.07. The molecule has 19 heavy (non-hydrogen) atoms. The molecule has 0 atom stereocenters. The first kappa shape index (κ1) is 13.3. The molecule has 0 unspecified atom stereocenters. The summed E-state index contributed by atoms with van der Waals surface area (Å²) in [7, 11) is -3.77. The van der Waals surface area contributed by atoms with Gasteiger partial charge < -0.3 is 5.73 Å². The minimum Gasteiger partial charge on any atom is -0.398 e. The zero-order valence-electron chi connectivity index (χ0n) is 10.6. The Morgan fingerprint density at radius 2 is 2.05 bits per heavy atom. The van der Waals surface area contributed by atoms with Crippen molar-refractivity contribution in [3.8, 4) is 0 Å². The molecule has 0 spiro atoms. The topological polar surface area (TPSA) is 103 Å². The van der Waals surface area contributed by atoms with Crippen molar-refractivity contribution in [3.63, 3.8) is 0 Å². The molecule has 3 N–H and O–H groups in total. The molecule has 0 saturated carbocycles. The summed E-state index contributed by atoms with van der Waals surface area (Å²) in [4.78, 5) is 3.73. The minimum absolute atomic E-state index is 0.0407. The fourth-order valence-electron chi connectivity index (χ4n) is 1.61. The number of rotatable bonds is 4. The third-order valence-corrected chi connectivity index (χ3v) is 3.90. The van der Waals surface area contributed by atoms with Crippen molar-refractivity contribution in [1.82, 2.24) is 14.8 Å². The molecule has 0 aliphatic heterocycles. The van der Waals surface area contributed by atoms with E-state index in [1.807, 2.05) is 13.8 Å². The largest absolute Gasteiger partial charge is 0.398 e. The minimum atomic E-state index is -3.77. The number of aromatic nitrogens is 3. The number of pyridine rings is 1. The van der Waals surface area contributed by atoms with Crippen molar-refractivity contribution >= 4 is 21.5 Å². The Kier molecular flexibility index (Phi) is 3.43. The highest BCUT2D eigenvalue weighted by Gasteiger charge is 2.20. The first-order valence-electron chi connectivity index (χ1n) is 5.67. The highest BCUT2D eigenvalue weighted by atomic mass is 32.2. The lowest BCUT2D eigenvalue weighted by atomic mass is 10.4. The van der Waals surface area contributed by atoms with Crippen molar-refractivity contribution in [2.24, 2.45) is 0 Å². The van der Waals surface area contributed by atoms with Crippen LogP contribution < -0.4 is 10.5 Å². The second-order valence-corrected chi connectivity index (χ2v) is 5.92. The van der Waals surface area contributed by atoms with Crippen molar-refractivity contribution < 1.29 is 8.42 Å². The maximum absolute atomic E-state index is 12.2. The number of nitrogens with zero attached hydrogens (tertiary/aromatic N) is 3. The molecule has 0 radical (unpaired) electrons. The van der Waals surface area contributed by atoms with E-state index in [4.69, 9.17) is 5.73 Å². The van der Waals surface area contributed by atoms with Crippen molar-refractivity contribution in [3.05, 3.63) is 30.7 Å². The standard InChI is InChI=1S/C11H15N5O2S/c1-8(2)16-11(4-6-14-16)15-19(17,18)10-7-13-5-3-9(10)12/h3-8,15H,1-2H3,(H2,12,13). The molecule has 0 aliphatic rings. The van der Waals surface area contributed by atoms with Gasteiger partial charge in [-0.1, -0.05) is 0 Å². The van der Waals surface area contributed by atoms with Crippen LogP contribution in [0.4, 0.5) is 11.5 Å². The summed E-state index contributed by atoms with van der Waals surface area (Å²) in [5.41, 5.74) is 5.80. The Bertz CT molecular complexity index is 678. The predicted octanol–water partition coefficient (Wildman–Crippen LogP) is 1.24. The summed E-state index contributed by atoms with van der Waals surface area (Å²) in [5, 5.41) is 4.06. The van der Waals surface area contributed by atoms with E-state index >= 15 is 0 Å². The van der Waals surface area contributed by atoms with E-state index in [9.17, 15) is 8.42 Å². The Labute approximate surface area is 111 Å². The average Bonchev–Trinajstić information content (AvgIpc) is 2.76. The van der Waals surface area contributed by atoms with Gasteiger partial charge in [-0.15, -0.1) is 0 Å². The second kappa shape index (κ2) is 4.88. The first-order chi connectivity index (χ1) is 8.92. The van der Waals surface area contributed by atoms with Crippen LogP contribution in [-0.4, -0.2) is 23.2 Å². The van der Waals surface area contributed by atoms with Gasteiger partial charge in [0.05, 0.1) is 11.9 Å². The summed E-state index contributed by atoms with van der Waals surface area (Å²) in [6.07, 6.45) is 4.19. The summed E-state index contributed by atoms with van der Waals surface area (Å²) < 4.78 is 28.5. The fourth-order valence-corrected chi connectivity index (χ4v) is 2.74. The molecular formula is C11H15N5O2S. The van der Waals surface area contributed by atoms with Crippen LogP contribution in [0.3, 0.4) is 0 Å². The quantitative estimate of drug-likeness (QED) is 0.877. The number of sulfonamides is 1. The Morgan fingerprint density at radius 3 is 2.68 bits per heavy atom. The highest BCUT2D eigenvalue weighted by molar-refractivity contribution is 7.92. The van der Waals surface area contributed by atoms with Crippen molar-refractivity contribution in [2.75, 3.05) is 10.5 Å². The predicted molar refractivity (Wildman–Crippen MR) is 72.1 cm³/mol. The van der Waals surface area contributed by atoms with E-state index < -0.39 is 10.0 Å². The Balaban J connectivity index is 2.37. The Morgan fingerprint density at radius 1 is 1.32 bits per heavy atom. The van der Waals surface area contributed by atoms with Crippen molar-refractivity contribution in [1.29, 1.82) is 0 Å². The summed E-state index contributed by atoms with van der Waals surface area (Å²) in [6.45, 7) is 3.81. The lowest BCUT2D eigenvalue weighted by Gasteiger charge is -2.13. The molecule has 102 valence electrons. The molecule has 2 heterocycles. The maximum Gasteiger partial charge on any atom is 0.266 e. The highest BCUT2D eigenvalue weighted by Crippen LogP contribution is 2.21.